The minimum atomic E-state index is 0. The van der Waals surface area contributed by atoms with E-state index in [0.717, 1.165) is 0 Å². The van der Waals surface area contributed by atoms with Gasteiger partial charge >= 0.3 is 236 Å². The van der Waals surface area contributed by atoms with E-state index in [1.54, 1.807) is 0 Å². The maximum Gasteiger partial charge on any atom is 1.00 e. The van der Waals surface area contributed by atoms with Crippen LogP contribution in [-0.2, 0) is 0 Å². The molecule has 0 bridgehead atoms. The molecule has 0 aliphatic carbocycles. The molecule has 20 N–H and O–H groups in total. The summed E-state index contributed by atoms with van der Waals surface area (Å²) in [5.41, 5.74) is 0. The van der Waals surface area contributed by atoms with Gasteiger partial charge < -0.3 is 66.2 Å². The molecule has 0 aliphatic rings. The van der Waals surface area contributed by atoms with Crippen molar-refractivity contribution in [2.75, 3.05) is 0 Å². The fourth-order valence-electron chi connectivity index (χ4n) is 0. The Morgan fingerprint density at radius 2 is 0.167 bits per heavy atom. The zero-order valence-electron chi connectivity index (χ0n) is 21.0. The Bertz CT molecular complexity index is 41.0. The summed E-state index contributed by atoms with van der Waals surface area (Å²) in [6.07, 6.45) is 0. The molecule has 0 radical (unpaired) electrons. The van der Waals surface area contributed by atoms with Gasteiger partial charge in [-0.3, -0.25) is 0 Å². The Hall–Kier alpha value is 7.60. The van der Waals surface area contributed by atoms with Gasteiger partial charge in [0.25, 0.3) is 0 Å². The van der Waals surface area contributed by atoms with Gasteiger partial charge in [0.1, 0.15) is 0 Å². The second-order valence-corrected chi connectivity index (χ2v) is 0. The standard InChI is InChI=1S/8Na.10H2O.8H/h;;;;;;;;10*1H2;;;;;;;;/q8*+1;;;;;;;;;;;8*-1. The molecule has 0 heterocycles. The van der Waals surface area contributed by atoms with Crippen LogP contribution in [0.1, 0.15) is 11.4 Å². The second-order valence-electron chi connectivity index (χ2n) is 0. The van der Waals surface area contributed by atoms with Crippen LogP contribution in [0.2, 0.25) is 0 Å². The molecule has 0 amide bonds. The van der Waals surface area contributed by atoms with Gasteiger partial charge in [0.2, 0.25) is 0 Å². The molecule has 0 atom stereocenters. The van der Waals surface area contributed by atoms with E-state index in [1.807, 2.05) is 0 Å². The Morgan fingerprint density at radius 3 is 0.167 bits per heavy atom. The van der Waals surface area contributed by atoms with E-state index in [-0.39, 0.29) is 303 Å². The Kier molecular flexibility index (Phi) is 3530. The van der Waals surface area contributed by atoms with Gasteiger partial charge in [0.15, 0.2) is 0 Å². The van der Waals surface area contributed by atoms with Crippen molar-refractivity contribution in [1.29, 1.82) is 0 Å². The Balaban J connectivity index is 0. The average molecular weight is 372 g/mol. The first kappa shape index (κ1) is 268. The number of rotatable bonds is 0. The molecule has 0 saturated heterocycles. The molecule has 0 spiro atoms. The van der Waals surface area contributed by atoms with Crippen LogP contribution >= 0.6 is 0 Å². The van der Waals surface area contributed by atoms with Gasteiger partial charge in [-0.15, -0.1) is 0 Å². The van der Waals surface area contributed by atoms with Crippen molar-refractivity contribution in [3.63, 3.8) is 0 Å². The van der Waals surface area contributed by atoms with Crippen molar-refractivity contribution in [3.8, 4) is 0 Å². The van der Waals surface area contributed by atoms with E-state index in [0.29, 0.717) is 0 Å². The molecule has 0 aromatic rings. The third kappa shape index (κ3) is 209. The van der Waals surface area contributed by atoms with Crippen LogP contribution in [-0.4, -0.2) is 54.8 Å². The van der Waals surface area contributed by atoms with Gasteiger partial charge in [0, 0.05) is 0 Å². The Morgan fingerprint density at radius 1 is 0.167 bits per heavy atom. The zero-order chi connectivity index (χ0) is 0. The van der Waals surface area contributed by atoms with Gasteiger partial charge in [-0.25, -0.2) is 0 Å². The predicted octanol–water partition coefficient (Wildman–Crippen LogP) is -31.3. The van der Waals surface area contributed by atoms with Crippen LogP contribution in [0.3, 0.4) is 0 Å². The van der Waals surface area contributed by atoms with Crippen molar-refractivity contribution in [2.24, 2.45) is 0 Å². The minimum absolute atomic E-state index is 0. The van der Waals surface area contributed by atoms with Gasteiger partial charge in [-0.1, -0.05) is 0 Å². The summed E-state index contributed by atoms with van der Waals surface area (Å²) >= 11 is 0. The molecule has 96 valence electrons. The fourth-order valence-corrected chi connectivity index (χ4v) is 0. The first-order chi connectivity index (χ1) is 0. The monoisotopic (exact) mass is 372 g/mol. The molecule has 0 aromatic carbocycles. The van der Waals surface area contributed by atoms with E-state index < -0.39 is 0 Å². The Labute approximate surface area is 295 Å². The largest absolute Gasteiger partial charge is 1.00 e. The molecule has 0 fully saturated rings. The van der Waals surface area contributed by atoms with Gasteiger partial charge in [-0.2, -0.15) is 0 Å². The van der Waals surface area contributed by atoms with Crippen molar-refractivity contribution >= 4 is 0 Å². The second kappa shape index (κ2) is 237. The molecule has 18 heteroatoms. The van der Waals surface area contributed by atoms with E-state index >= 15 is 0 Å². The molecular formula is H28Na8O10. The first-order valence-corrected chi connectivity index (χ1v) is 0. The van der Waals surface area contributed by atoms with Crippen LogP contribution < -0.4 is 236 Å². The quantitative estimate of drug-likeness (QED) is 0.357. The third-order valence-electron chi connectivity index (χ3n) is 0. The molecular weight excluding hydrogens is 344 g/mol. The summed E-state index contributed by atoms with van der Waals surface area (Å²) < 4.78 is 0. The first-order valence-electron chi connectivity index (χ1n) is 0. The number of hydrogen-bond donors (Lipinski definition) is 0. The maximum absolute atomic E-state index is 0. The topological polar surface area (TPSA) is 315 Å². The summed E-state index contributed by atoms with van der Waals surface area (Å²) in [6.45, 7) is 0. The van der Waals surface area contributed by atoms with E-state index in [2.05, 4.69) is 0 Å². The third-order valence-corrected chi connectivity index (χ3v) is 0. The van der Waals surface area contributed by atoms with Gasteiger partial charge in [0.05, 0.1) is 0 Å². The van der Waals surface area contributed by atoms with Crippen molar-refractivity contribution < 1.29 is 303 Å². The zero-order valence-corrected chi connectivity index (χ0v) is 29.0. The normalized spacial score (nSPS) is 0. The molecule has 0 rings (SSSR count). The van der Waals surface area contributed by atoms with E-state index in [1.165, 1.54) is 0 Å². The molecule has 0 saturated carbocycles. The van der Waals surface area contributed by atoms with Crippen molar-refractivity contribution in [1.82, 2.24) is 0 Å². The maximum atomic E-state index is 0. The predicted molar refractivity (Wildman–Crippen MR) is 45.0 cm³/mol. The van der Waals surface area contributed by atoms with E-state index in [4.69, 9.17) is 0 Å². The van der Waals surface area contributed by atoms with Crippen molar-refractivity contribution in [2.45, 2.75) is 0 Å². The molecule has 0 unspecified atom stereocenters. The summed E-state index contributed by atoms with van der Waals surface area (Å²) in [7, 11) is 0. The summed E-state index contributed by atoms with van der Waals surface area (Å²) in [6, 6.07) is 0. The molecule has 0 aromatic heterocycles. The number of hydrogen-bond acceptors (Lipinski definition) is 0. The van der Waals surface area contributed by atoms with Crippen LogP contribution in [0.5, 0.6) is 0 Å². The molecule has 10 nitrogen and oxygen atoms in total. The fraction of sp³-hybridized carbons (Fsp3) is 0. The van der Waals surface area contributed by atoms with Crippen molar-refractivity contribution in [3.05, 3.63) is 0 Å². The van der Waals surface area contributed by atoms with Crippen LogP contribution in [0.4, 0.5) is 0 Å². The van der Waals surface area contributed by atoms with Crippen LogP contribution in [0.25, 0.3) is 0 Å². The van der Waals surface area contributed by atoms with Crippen LogP contribution in [0.15, 0.2) is 0 Å². The SMILES string of the molecule is O.O.O.O.O.O.O.O.O.O.[H-].[H-].[H-].[H-].[H-].[H-].[H-].[H-].[Na+].[Na+].[Na+].[Na+].[Na+].[Na+].[Na+].[Na+]. The molecule has 18 heavy (non-hydrogen) atoms. The smallest absolute Gasteiger partial charge is 1.00 e. The molecule has 0 aliphatic heterocycles. The minimum Gasteiger partial charge on any atom is -1.00 e. The van der Waals surface area contributed by atoms with Crippen LogP contribution in [0, 0.1) is 0 Å². The summed E-state index contributed by atoms with van der Waals surface area (Å²) in [5.74, 6) is 0. The summed E-state index contributed by atoms with van der Waals surface area (Å²) in [4.78, 5) is 0. The average Bonchev–Trinajstić information content (AvgIpc) is 0. The van der Waals surface area contributed by atoms with Gasteiger partial charge in [-0.05, 0) is 0 Å². The summed E-state index contributed by atoms with van der Waals surface area (Å²) in [5, 5.41) is 0. The van der Waals surface area contributed by atoms with E-state index in [9.17, 15) is 0 Å².